The monoisotopic (exact) mass is 238 g/mol. The zero-order valence-corrected chi connectivity index (χ0v) is 9.54. The minimum absolute atomic E-state index is 0.167. The zero-order chi connectivity index (χ0) is 10.4. The van der Waals surface area contributed by atoms with Gasteiger partial charge in [0.1, 0.15) is 5.78 Å². The predicted molar refractivity (Wildman–Crippen MR) is 57.8 cm³/mol. The van der Waals surface area contributed by atoms with Crippen molar-refractivity contribution in [2.75, 3.05) is 0 Å². The number of carbonyl (C=O) groups excluding carboxylic acids is 1. The molecule has 0 aliphatic carbocycles. The molecule has 1 aromatic rings. The van der Waals surface area contributed by atoms with Crippen LogP contribution in [0.15, 0.2) is 18.2 Å². The van der Waals surface area contributed by atoms with Gasteiger partial charge in [-0.25, -0.2) is 0 Å². The number of Topliss-reactive ketones (excluding diaryl/α,β-unsaturated/α-hetero) is 1. The molecule has 4 heteroatoms. The number of halogens is 3. The van der Waals surface area contributed by atoms with Crippen molar-refractivity contribution in [2.24, 2.45) is 0 Å². The molecule has 1 nitrogen and oxygen atoms in total. The van der Waals surface area contributed by atoms with Gasteiger partial charge in [-0.3, -0.25) is 0 Å². The van der Waals surface area contributed by atoms with E-state index in [1.54, 1.807) is 18.2 Å². The first-order valence-electron chi connectivity index (χ1n) is 3.52. The van der Waals surface area contributed by atoms with Crippen LogP contribution in [-0.2, 0) is 4.79 Å². The van der Waals surface area contributed by atoms with E-state index >= 15 is 0 Å². The van der Waals surface area contributed by atoms with Gasteiger partial charge in [-0.15, -0.1) is 0 Å². The van der Waals surface area contributed by atoms with Crippen LogP contribution in [0.1, 0.15) is 13.8 Å². The van der Waals surface area contributed by atoms with Crippen LogP contribution in [0.2, 0.25) is 15.1 Å². The van der Waals surface area contributed by atoms with Crippen LogP contribution in [0.5, 0.6) is 0 Å². The molecular weight excluding hydrogens is 230 g/mol. The second-order valence-corrected chi connectivity index (χ2v) is 3.64. The Morgan fingerprint density at radius 3 is 1.62 bits per heavy atom. The molecule has 0 fully saturated rings. The fraction of sp³-hybridized carbons (Fsp3) is 0.222. The van der Waals surface area contributed by atoms with E-state index < -0.39 is 0 Å². The van der Waals surface area contributed by atoms with Gasteiger partial charge in [0.15, 0.2) is 0 Å². The van der Waals surface area contributed by atoms with Gasteiger partial charge < -0.3 is 4.79 Å². The summed E-state index contributed by atoms with van der Waals surface area (Å²) in [5.41, 5.74) is 0. The highest BCUT2D eigenvalue weighted by molar-refractivity contribution is 6.47. The van der Waals surface area contributed by atoms with E-state index in [1.807, 2.05) is 0 Å². The predicted octanol–water partition coefficient (Wildman–Crippen LogP) is 4.24. The normalized spacial score (nSPS) is 8.69. The molecule has 0 bridgehead atoms. The molecule has 1 rings (SSSR count). The summed E-state index contributed by atoms with van der Waals surface area (Å²) in [6.45, 7) is 3.06. The Hall–Kier alpha value is -0.240. The fourth-order valence-electron chi connectivity index (χ4n) is 0.477. The van der Waals surface area contributed by atoms with Crippen LogP contribution in [0.25, 0.3) is 0 Å². The third-order valence-electron chi connectivity index (χ3n) is 0.904. The van der Waals surface area contributed by atoms with E-state index in [1.165, 1.54) is 13.8 Å². The lowest BCUT2D eigenvalue weighted by Gasteiger charge is -1.94. The molecule has 0 unspecified atom stereocenters. The maximum atomic E-state index is 9.44. The number of hydrogen-bond acceptors (Lipinski definition) is 1. The van der Waals surface area contributed by atoms with E-state index in [0.29, 0.717) is 15.1 Å². The maximum Gasteiger partial charge on any atom is 0.126 e. The second kappa shape index (κ2) is 6.25. The Balaban J connectivity index is 0.000000310. The molecule has 1 aromatic carbocycles. The molecule has 72 valence electrons. The smallest absolute Gasteiger partial charge is 0.126 e. The Kier molecular flexibility index (Phi) is 6.13. The fourth-order valence-corrected chi connectivity index (χ4v) is 1.00. The quantitative estimate of drug-likeness (QED) is 0.619. The molecule has 0 spiro atoms. The van der Waals surface area contributed by atoms with Crippen molar-refractivity contribution >= 4 is 40.6 Å². The largest absolute Gasteiger partial charge is 0.300 e. The van der Waals surface area contributed by atoms with Crippen molar-refractivity contribution in [3.05, 3.63) is 33.3 Å². The molecule has 0 heterocycles. The molecule has 0 aromatic heterocycles. The number of benzene rings is 1. The molecule has 0 aliphatic heterocycles. The number of hydrogen-bond donors (Lipinski definition) is 0. The molecule has 0 N–H and O–H groups in total. The average Bonchev–Trinajstić information content (AvgIpc) is 1.99. The van der Waals surface area contributed by atoms with Crippen LogP contribution in [0, 0.1) is 0 Å². The van der Waals surface area contributed by atoms with Crippen LogP contribution in [0.3, 0.4) is 0 Å². The van der Waals surface area contributed by atoms with Gasteiger partial charge in [0.25, 0.3) is 0 Å². The van der Waals surface area contributed by atoms with Crippen LogP contribution >= 0.6 is 34.8 Å². The van der Waals surface area contributed by atoms with Crippen molar-refractivity contribution < 1.29 is 4.79 Å². The first-order valence-corrected chi connectivity index (χ1v) is 4.65. The summed E-state index contributed by atoms with van der Waals surface area (Å²) in [5, 5.41) is 1.40. The van der Waals surface area contributed by atoms with E-state index in [9.17, 15) is 4.79 Å². The first kappa shape index (κ1) is 12.8. The van der Waals surface area contributed by atoms with Crippen molar-refractivity contribution in [2.45, 2.75) is 13.8 Å². The lowest BCUT2D eigenvalue weighted by atomic mass is 10.4. The van der Waals surface area contributed by atoms with Crippen molar-refractivity contribution in [1.82, 2.24) is 0 Å². The Morgan fingerprint density at radius 1 is 1.08 bits per heavy atom. The highest BCUT2D eigenvalue weighted by Crippen LogP contribution is 2.28. The molecule has 13 heavy (non-hydrogen) atoms. The standard InChI is InChI=1S/C6H3Cl3.C3H6O/c7-4-2-1-3-5(8)6(4)9;1-3(2)4/h1-3H;1-2H3. The topological polar surface area (TPSA) is 17.1 Å². The number of ketones is 1. The van der Waals surface area contributed by atoms with E-state index in [2.05, 4.69) is 0 Å². The molecule has 0 radical (unpaired) electrons. The van der Waals surface area contributed by atoms with Crippen molar-refractivity contribution in [3.63, 3.8) is 0 Å². The number of carbonyl (C=O) groups is 1. The van der Waals surface area contributed by atoms with Gasteiger partial charge in [-0.1, -0.05) is 40.9 Å². The van der Waals surface area contributed by atoms with Gasteiger partial charge >= 0.3 is 0 Å². The molecule has 0 aliphatic rings. The Labute approximate surface area is 92.6 Å². The number of rotatable bonds is 0. The van der Waals surface area contributed by atoms with E-state index in [-0.39, 0.29) is 5.78 Å². The SMILES string of the molecule is CC(C)=O.Clc1cccc(Cl)c1Cl. The molecule has 0 amide bonds. The second-order valence-electron chi connectivity index (χ2n) is 2.44. The molecule has 0 atom stereocenters. The third-order valence-corrected chi connectivity index (χ3v) is 2.14. The zero-order valence-electron chi connectivity index (χ0n) is 7.27. The Morgan fingerprint density at radius 2 is 1.38 bits per heavy atom. The maximum absolute atomic E-state index is 9.44. The van der Waals surface area contributed by atoms with Gasteiger partial charge in [0.05, 0.1) is 15.1 Å². The lowest BCUT2D eigenvalue weighted by molar-refractivity contribution is -0.114. The summed E-state index contributed by atoms with van der Waals surface area (Å²) in [7, 11) is 0. The summed E-state index contributed by atoms with van der Waals surface area (Å²) in [4.78, 5) is 9.44. The Bertz CT molecular complexity index is 273. The van der Waals surface area contributed by atoms with Gasteiger partial charge in [0, 0.05) is 0 Å². The van der Waals surface area contributed by atoms with Gasteiger partial charge in [-0.05, 0) is 26.0 Å². The minimum Gasteiger partial charge on any atom is -0.300 e. The highest BCUT2D eigenvalue weighted by Gasteiger charge is 1.98. The molecular formula is C9H9Cl3O. The van der Waals surface area contributed by atoms with E-state index in [4.69, 9.17) is 34.8 Å². The average molecular weight is 240 g/mol. The summed E-state index contributed by atoms with van der Waals surface area (Å²) in [6, 6.07) is 5.13. The lowest BCUT2D eigenvalue weighted by Crippen LogP contribution is -1.69. The summed E-state index contributed by atoms with van der Waals surface area (Å²) in [6.07, 6.45) is 0. The van der Waals surface area contributed by atoms with Crippen LogP contribution < -0.4 is 0 Å². The van der Waals surface area contributed by atoms with Crippen molar-refractivity contribution in [3.8, 4) is 0 Å². The van der Waals surface area contributed by atoms with Crippen LogP contribution in [0.4, 0.5) is 0 Å². The third kappa shape index (κ3) is 5.92. The summed E-state index contributed by atoms with van der Waals surface area (Å²) in [5.74, 6) is 0.167. The summed E-state index contributed by atoms with van der Waals surface area (Å²) < 4.78 is 0. The van der Waals surface area contributed by atoms with Gasteiger partial charge in [0.2, 0.25) is 0 Å². The first-order chi connectivity index (χ1) is 5.95. The van der Waals surface area contributed by atoms with E-state index in [0.717, 1.165) is 0 Å². The van der Waals surface area contributed by atoms with Crippen LogP contribution in [-0.4, -0.2) is 5.78 Å². The highest BCUT2D eigenvalue weighted by atomic mass is 35.5. The van der Waals surface area contributed by atoms with Gasteiger partial charge in [-0.2, -0.15) is 0 Å². The summed E-state index contributed by atoms with van der Waals surface area (Å²) >= 11 is 16.8. The van der Waals surface area contributed by atoms with Crippen molar-refractivity contribution in [1.29, 1.82) is 0 Å². The molecule has 0 saturated carbocycles. The minimum atomic E-state index is 0.167. The molecule has 0 saturated heterocycles.